The van der Waals surface area contributed by atoms with E-state index in [0.717, 1.165) is 37.5 Å². The van der Waals surface area contributed by atoms with Crippen molar-refractivity contribution in [2.45, 2.75) is 13.0 Å². The number of fused-ring (bicyclic) bond motifs is 1. The third-order valence-electron chi connectivity index (χ3n) is 4.49. The fourth-order valence-electron chi connectivity index (χ4n) is 3.04. The molecule has 0 amide bonds. The van der Waals surface area contributed by atoms with E-state index in [9.17, 15) is 0 Å². The molecule has 4 nitrogen and oxygen atoms in total. The number of piperazine rings is 1. The lowest BCUT2D eigenvalue weighted by Crippen LogP contribution is -2.48. The Morgan fingerprint density at radius 1 is 1.14 bits per heavy atom. The van der Waals surface area contributed by atoms with E-state index in [2.05, 4.69) is 40.2 Å². The summed E-state index contributed by atoms with van der Waals surface area (Å²) in [5.41, 5.74) is 0.976. The Bertz CT molecular complexity index is 539. The van der Waals surface area contributed by atoms with E-state index >= 15 is 0 Å². The molecule has 0 saturated carbocycles. The summed E-state index contributed by atoms with van der Waals surface area (Å²) in [6.07, 6.45) is 0. The molecule has 3 rings (SSSR count). The van der Waals surface area contributed by atoms with Crippen LogP contribution in [0.1, 0.15) is 18.7 Å². The number of para-hydroxylation sites is 1. The van der Waals surface area contributed by atoms with Crippen molar-refractivity contribution in [1.82, 2.24) is 15.1 Å². The molecule has 1 unspecified atom stereocenters. The number of nitrogens with zero attached hydrogens (tertiary/aromatic N) is 2. The van der Waals surface area contributed by atoms with E-state index in [1.54, 1.807) is 0 Å². The molecule has 4 heteroatoms. The monoisotopic (exact) mass is 287 g/mol. The standard InChI is InChI=1S/C17H25N3O/c1-3-19-8-10-20(11-9-19)13-15(18-2)17-12-14-6-4-5-7-16(14)21-17/h4-7,12,15,18H,3,8-11,13H2,1-2H3. The van der Waals surface area contributed by atoms with E-state index in [1.165, 1.54) is 18.5 Å². The van der Waals surface area contributed by atoms with E-state index in [4.69, 9.17) is 4.42 Å². The Morgan fingerprint density at radius 2 is 1.86 bits per heavy atom. The van der Waals surface area contributed by atoms with E-state index in [0.29, 0.717) is 0 Å². The highest BCUT2D eigenvalue weighted by Gasteiger charge is 2.21. The molecule has 1 aliphatic rings. The molecule has 2 aromatic rings. The quantitative estimate of drug-likeness (QED) is 0.914. The first-order valence-corrected chi connectivity index (χ1v) is 7.90. The summed E-state index contributed by atoms with van der Waals surface area (Å²) in [7, 11) is 2.01. The zero-order valence-electron chi connectivity index (χ0n) is 13.0. The minimum absolute atomic E-state index is 0.255. The fraction of sp³-hybridized carbons (Fsp3) is 0.529. The summed E-state index contributed by atoms with van der Waals surface area (Å²) in [4.78, 5) is 5.03. The SMILES string of the molecule is CCN1CCN(CC(NC)c2cc3ccccc3o2)CC1. The number of likely N-dealkylation sites (N-methyl/N-ethyl adjacent to an activating group) is 2. The first kappa shape index (κ1) is 14.6. The molecular formula is C17H25N3O. The van der Waals surface area contributed by atoms with Gasteiger partial charge in [-0.15, -0.1) is 0 Å². The Morgan fingerprint density at radius 3 is 2.52 bits per heavy atom. The van der Waals surface area contributed by atoms with Gasteiger partial charge in [0, 0.05) is 38.1 Å². The van der Waals surface area contributed by atoms with Crippen molar-refractivity contribution in [1.29, 1.82) is 0 Å². The van der Waals surface area contributed by atoms with Gasteiger partial charge >= 0.3 is 0 Å². The molecule has 1 aliphatic heterocycles. The lowest BCUT2D eigenvalue weighted by molar-refractivity contribution is 0.125. The normalized spacial score (nSPS) is 19.1. The number of nitrogens with one attached hydrogen (secondary N) is 1. The number of hydrogen-bond acceptors (Lipinski definition) is 4. The number of rotatable bonds is 5. The molecule has 114 valence electrons. The molecule has 1 atom stereocenters. The molecule has 1 saturated heterocycles. The predicted molar refractivity (Wildman–Crippen MR) is 86.6 cm³/mol. The number of benzene rings is 1. The Labute approximate surface area is 126 Å². The molecule has 0 radical (unpaired) electrons. The summed E-state index contributed by atoms with van der Waals surface area (Å²) in [6.45, 7) is 9.04. The lowest BCUT2D eigenvalue weighted by atomic mass is 10.1. The number of furan rings is 1. The molecule has 1 aromatic heterocycles. The van der Waals surface area contributed by atoms with Crippen LogP contribution < -0.4 is 5.32 Å². The van der Waals surface area contributed by atoms with Crippen LogP contribution in [-0.2, 0) is 0 Å². The van der Waals surface area contributed by atoms with Gasteiger partial charge in [-0.3, -0.25) is 4.90 Å². The van der Waals surface area contributed by atoms with Gasteiger partial charge in [-0.2, -0.15) is 0 Å². The fourth-order valence-corrected chi connectivity index (χ4v) is 3.04. The lowest BCUT2D eigenvalue weighted by Gasteiger charge is -2.35. The van der Waals surface area contributed by atoms with Crippen molar-refractivity contribution in [3.63, 3.8) is 0 Å². The topological polar surface area (TPSA) is 31.6 Å². The van der Waals surface area contributed by atoms with Crippen molar-refractivity contribution < 1.29 is 4.42 Å². The summed E-state index contributed by atoms with van der Waals surface area (Å²) in [5, 5.41) is 4.59. The van der Waals surface area contributed by atoms with Gasteiger partial charge in [0.05, 0.1) is 6.04 Å². The molecule has 1 fully saturated rings. The molecule has 0 aliphatic carbocycles. The van der Waals surface area contributed by atoms with Gasteiger partial charge in [-0.1, -0.05) is 25.1 Å². The Balaban J connectivity index is 1.67. The molecule has 1 aromatic carbocycles. The van der Waals surface area contributed by atoms with Gasteiger partial charge in [-0.25, -0.2) is 0 Å². The zero-order valence-corrected chi connectivity index (χ0v) is 13.0. The maximum Gasteiger partial charge on any atom is 0.134 e. The maximum atomic E-state index is 6.01. The Hall–Kier alpha value is -1.36. The van der Waals surface area contributed by atoms with Crippen LogP contribution in [0.4, 0.5) is 0 Å². The molecular weight excluding hydrogens is 262 g/mol. The van der Waals surface area contributed by atoms with Gasteiger partial charge in [0.2, 0.25) is 0 Å². The summed E-state index contributed by atoms with van der Waals surface area (Å²) in [5.74, 6) is 1.04. The van der Waals surface area contributed by atoms with Crippen LogP contribution in [0.25, 0.3) is 11.0 Å². The maximum absolute atomic E-state index is 6.01. The molecule has 21 heavy (non-hydrogen) atoms. The second-order valence-electron chi connectivity index (χ2n) is 5.76. The van der Waals surface area contributed by atoms with Gasteiger partial charge < -0.3 is 14.6 Å². The number of hydrogen-bond donors (Lipinski definition) is 1. The van der Waals surface area contributed by atoms with Gasteiger partial charge in [0.15, 0.2) is 0 Å². The predicted octanol–water partition coefficient (Wildman–Crippen LogP) is 2.33. The molecule has 0 spiro atoms. The van der Waals surface area contributed by atoms with Crippen LogP contribution in [0, 0.1) is 0 Å². The molecule has 0 bridgehead atoms. The first-order valence-electron chi connectivity index (χ1n) is 7.90. The van der Waals surface area contributed by atoms with Gasteiger partial charge in [0.1, 0.15) is 11.3 Å². The third-order valence-corrected chi connectivity index (χ3v) is 4.49. The third kappa shape index (κ3) is 3.28. The van der Waals surface area contributed by atoms with Crippen molar-refractivity contribution in [3.8, 4) is 0 Å². The van der Waals surface area contributed by atoms with E-state index < -0.39 is 0 Å². The van der Waals surface area contributed by atoms with Crippen LogP contribution in [-0.4, -0.2) is 56.1 Å². The second-order valence-corrected chi connectivity index (χ2v) is 5.76. The minimum atomic E-state index is 0.255. The average Bonchev–Trinajstić information content (AvgIpc) is 2.97. The first-order chi connectivity index (χ1) is 10.3. The van der Waals surface area contributed by atoms with Crippen LogP contribution in [0.3, 0.4) is 0 Å². The minimum Gasteiger partial charge on any atom is -0.459 e. The summed E-state index contributed by atoms with van der Waals surface area (Å²) in [6, 6.07) is 10.6. The van der Waals surface area contributed by atoms with Crippen molar-refractivity contribution in [2.75, 3.05) is 46.3 Å². The second kappa shape index (κ2) is 6.60. The van der Waals surface area contributed by atoms with E-state index in [-0.39, 0.29) is 6.04 Å². The summed E-state index contributed by atoms with van der Waals surface area (Å²) < 4.78 is 6.01. The Kier molecular flexibility index (Phi) is 4.58. The van der Waals surface area contributed by atoms with Crippen LogP contribution in [0.2, 0.25) is 0 Å². The highest BCUT2D eigenvalue weighted by molar-refractivity contribution is 5.77. The van der Waals surface area contributed by atoms with Gasteiger partial charge in [-0.05, 0) is 25.7 Å². The van der Waals surface area contributed by atoms with Crippen LogP contribution >= 0.6 is 0 Å². The molecule has 1 N–H and O–H groups in total. The van der Waals surface area contributed by atoms with Gasteiger partial charge in [0.25, 0.3) is 0 Å². The van der Waals surface area contributed by atoms with E-state index in [1.807, 2.05) is 19.2 Å². The average molecular weight is 287 g/mol. The largest absolute Gasteiger partial charge is 0.459 e. The van der Waals surface area contributed by atoms with Crippen molar-refractivity contribution in [3.05, 3.63) is 36.1 Å². The van der Waals surface area contributed by atoms with Crippen molar-refractivity contribution in [2.24, 2.45) is 0 Å². The molecule has 2 heterocycles. The highest BCUT2D eigenvalue weighted by Crippen LogP contribution is 2.24. The zero-order chi connectivity index (χ0) is 14.7. The smallest absolute Gasteiger partial charge is 0.134 e. The van der Waals surface area contributed by atoms with Crippen molar-refractivity contribution >= 4 is 11.0 Å². The highest BCUT2D eigenvalue weighted by atomic mass is 16.3. The van der Waals surface area contributed by atoms with Crippen LogP contribution in [0.15, 0.2) is 34.7 Å². The summed E-state index contributed by atoms with van der Waals surface area (Å²) >= 11 is 0. The van der Waals surface area contributed by atoms with Crippen LogP contribution in [0.5, 0.6) is 0 Å².